The molecule has 0 unspecified atom stereocenters. The van der Waals surface area contributed by atoms with E-state index >= 15 is 0 Å². The van der Waals surface area contributed by atoms with Crippen molar-refractivity contribution >= 4 is 11.6 Å². The first-order valence-electron chi connectivity index (χ1n) is 5.74. The van der Waals surface area contributed by atoms with Crippen LogP contribution in [0.25, 0.3) is 0 Å². The maximum atomic E-state index is 5.87. The van der Waals surface area contributed by atoms with Gasteiger partial charge in [0.05, 0.1) is 0 Å². The van der Waals surface area contributed by atoms with E-state index in [1.807, 2.05) is 12.1 Å². The first-order chi connectivity index (χ1) is 7.25. The third-order valence-electron chi connectivity index (χ3n) is 3.24. The molecule has 0 aromatic heterocycles. The van der Waals surface area contributed by atoms with Crippen LogP contribution in [0.5, 0.6) is 0 Å². The molecular weight excluding hydrogens is 206 g/mol. The minimum absolute atomic E-state index is 0.731. The number of hydrogen-bond acceptors (Lipinski definition) is 1. The van der Waals surface area contributed by atoms with E-state index in [1.165, 1.54) is 31.4 Å². The summed E-state index contributed by atoms with van der Waals surface area (Å²) in [4.78, 5) is 2.56. The van der Waals surface area contributed by atoms with Crippen molar-refractivity contribution in [3.63, 3.8) is 0 Å². The van der Waals surface area contributed by atoms with Gasteiger partial charge in [-0.1, -0.05) is 30.2 Å². The van der Waals surface area contributed by atoms with Crippen LogP contribution in [0.15, 0.2) is 24.3 Å². The summed E-state index contributed by atoms with van der Waals surface area (Å²) in [7, 11) is 0. The SMILES string of the molecule is C[C@@H]1CCCCN1Cc1ccc(Cl)cc1. The first kappa shape index (κ1) is 11.0. The predicted octanol–water partition coefficient (Wildman–Crippen LogP) is 3.71. The van der Waals surface area contributed by atoms with Gasteiger partial charge in [-0.2, -0.15) is 0 Å². The van der Waals surface area contributed by atoms with Crippen molar-refractivity contribution in [2.75, 3.05) is 6.54 Å². The lowest BCUT2D eigenvalue weighted by atomic mass is 10.0. The number of likely N-dealkylation sites (tertiary alicyclic amines) is 1. The van der Waals surface area contributed by atoms with Crippen LogP contribution in [0.2, 0.25) is 5.02 Å². The van der Waals surface area contributed by atoms with E-state index in [-0.39, 0.29) is 0 Å². The fourth-order valence-electron chi connectivity index (χ4n) is 2.22. The highest BCUT2D eigenvalue weighted by Crippen LogP contribution is 2.19. The normalized spacial score (nSPS) is 22.9. The molecule has 82 valence electrons. The quantitative estimate of drug-likeness (QED) is 0.739. The van der Waals surface area contributed by atoms with Crippen molar-refractivity contribution in [3.8, 4) is 0 Å². The fraction of sp³-hybridized carbons (Fsp3) is 0.538. The Morgan fingerprint density at radius 1 is 1.27 bits per heavy atom. The molecule has 0 N–H and O–H groups in total. The molecule has 1 heterocycles. The van der Waals surface area contributed by atoms with E-state index < -0.39 is 0 Å². The van der Waals surface area contributed by atoms with Gasteiger partial charge in [0, 0.05) is 17.6 Å². The summed E-state index contributed by atoms with van der Waals surface area (Å²) in [5, 5.41) is 0.824. The largest absolute Gasteiger partial charge is 0.296 e. The van der Waals surface area contributed by atoms with Gasteiger partial charge in [-0.25, -0.2) is 0 Å². The van der Waals surface area contributed by atoms with Crippen LogP contribution < -0.4 is 0 Å². The Kier molecular flexibility index (Phi) is 3.66. The summed E-state index contributed by atoms with van der Waals surface area (Å²) >= 11 is 5.87. The monoisotopic (exact) mass is 223 g/mol. The molecule has 1 aromatic rings. The van der Waals surface area contributed by atoms with Gasteiger partial charge in [-0.3, -0.25) is 4.90 Å². The van der Waals surface area contributed by atoms with Crippen molar-refractivity contribution in [1.82, 2.24) is 4.90 Å². The van der Waals surface area contributed by atoms with Crippen molar-refractivity contribution < 1.29 is 0 Å². The zero-order chi connectivity index (χ0) is 10.7. The number of nitrogens with zero attached hydrogens (tertiary/aromatic N) is 1. The molecule has 2 rings (SSSR count). The van der Waals surface area contributed by atoms with Gasteiger partial charge in [-0.15, -0.1) is 0 Å². The molecule has 15 heavy (non-hydrogen) atoms. The molecule has 0 spiro atoms. The van der Waals surface area contributed by atoms with Gasteiger partial charge in [0.25, 0.3) is 0 Å². The highest BCUT2D eigenvalue weighted by molar-refractivity contribution is 6.30. The second-order valence-electron chi connectivity index (χ2n) is 4.44. The average molecular weight is 224 g/mol. The van der Waals surface area contributed by atoms with E-state index in [9.17, 15) is 0 Å². The zero-order valence-electron chi connectivity index (χ0n) is 9.25. The lowest BCUT2D eigenvalue weighted by molar-refractivity contribution is 0.152. The third-order valence-corrected chi connectivity index (χ3v) is 3.49. The molecular formula is C13H18ClN. The highest BCUT2D eigenvalue weighted by Gasteiger charge is 2.17. The molecule has 2 heteroatoms. The van der Waals surface area contributed by atoms with E-state index in [1.54, 1.807) is 0 Å². The minimum atomic E-state index is 0.731. The Hall–Kier alpha value is -0.530. The molecule has 1 aromatic carbocycles. The second-order valence-corrected chi connectivity index (χ2v) is 4.88. The van der Waals surface area contributed by atoms with Gasteiger partial charge in [-0.05, 0) is 44.0 Å². The Bertz CT molecular complexity index is 307. The number of halogens is 1. The van der Waals surface area contributed by atoms with Crippen LogP contribution in [-0.2, 0) is 6.54 Å². The summed E-state index contributed by atoms with van der Waals surface area (Å²) in [6, 6.07) is 8.94. The van der Waals surface area contributed by atoms with Gasteiger partial charge < -0.3 is 0 Å². The molecule has 0 aliphatic carbocycles. The molecule has 1 nitrogen and oxygen atoms in total. The summed E-state index contributed by atoms with van der Waals surface area (Å²) in [5.74, 6) is 0. The minimum Gasteiger partial charge on any atom is -0.296 e. The predicted molar refractivity (Wildman–Crippen MR) is 65.2 cm³/mol. The van der Waals surface area contributed by atoms with E-state index in [4.69, 9.17) is 11.6 Å². The van der Waals surface area contributed by atoms with Crippen molar-refractivity contribution in [2.24, 2.45) is 0 Å². The summed E-state index contributed by atoms with van der Waals surface area (Å²) in [5.41, 5.74) is 1.37. The average Bonchev–Trinajstić information content (AvgIpc) is 2.25. The fourth-order valence-corrected chi connectivity index (χ4v) is 2.34. The van der Waals surface area contributed by atoms with Crippen molar-refractivity contribution in [3.05, 3.63) is 34.9 Å². The van der Waals surface area contributed by atoms with E-state index in [2.05, 4.69) is 24.0 Å². The Labute approximate surface area is 97.0 Å². The van der Waals surface area contributed by atoms with Crippen LogP contribution >= 0.6 is 11.6 Å². The summed E-state index contributed by atoms with van der Waals surface area (Å²) < 4.78 is 0. The number of rotatable bonds is 2. The van der Waals surface area contributed by atoms with Crippen molar-refractivity contribution in [2.45, 2.75) is 38.8 Å². The number of hydrogen-bond donors (Lipinski definition) is 0. The molecule has 0 saturated carbocycles. The van der Waals surface area contributed by atoms with Gasteiger partial charge in [0.15, 0.2) is 0 Å². The van der Waals surface area contributed by atoms with Crippen molar-refractivity contribution in [1.29, 1.82) is 0 Å². The van der Waals surface area contributed by atoms with Gasteiger partial charge in [0.2, 0.25) is 0 Å². The molecule has 0 bridgehead atoms. The molecule has 1 fully saturated rings. The second kappa shape index (κ2) is 5.00. The smallest absolute Gasteiger partial charge is 0.0406 e. The molecule has 1 atom stereocenters. The Morgan fingerprint density at radius 2 is 2.00 bits per heavy atom. The van der Waals surface area contributed by atoms with Crippen LogP contribution in [0.3, 0.4) is 0 Å². The van der Waals surface area contributed by atoms with E-state index in [0.29, 0.717) is 0 Å². The van der Waals surface area contributed by atoms with E-state index in [0.717, 1.165) is 17.6 Å². The highest BCUT2D eigenvalue weighted by atomic mass is 35.5. The van der Waals surface area contributed by atoms with Gasteiger partial charge in [0.1, 0.15) is 0 Å². The van der Waals surface area contributed by atoms with Crippen LogP contribution in [0, 0.1) is 0 Å². The maximum absolute atomic E-state index is 5.87. The van der Waals surface area contributed by atoms with Crippen LogP contribution in [0.1, 0.15) is 31.7 Å². The molecule has 1 saturated heterocycles. The lowest BCUT2D eigenvalue weighted by Crippen LogP contribution is -2.36. The first-order valence-corrected chi connectivity index (χ1v) is 6.12. The lowest BCUT2D eigenvalue weighted by Gasteiger charge is -2.33. The number of piperidine rings is 1. The molecule has 1 aliphatic heterocycles. The Morgan fingerprint density at radius 3 is 2.67 bits per heavy atom. The molecule has 1 aliphatic rings. The summed E-state index contributed by atoms with van der Waals surface area (Å²) in [6.45, 7) is 4.64. The molecule has 0 amide bonds. The third kappa shape index (κ3) is 2.96. The topological polar surface area (TPSA) is 3.24 Å². The van der Waals surface area contributed by atoms with Crippen LogP contribution in [-0.4, -0.2) is 17.5 Å². The van der Waals surface area contributed by atoms with Crippen LogP contribution in [0.4, 0.5) is 0 Å². The molecule has 0 radical (unpaired) electrons. The van der Waals surface area contributed by atoms with Gasteiger partial charge >= 0.3 is 0 Å². The maximum Gasteiger partial charge on any atom is 0.0406 e. The summed E-state index contributed by atoms with van der Waals surface area (Å²) in [6.07, 6.45) is 4.07. The Balaban J connectivity index is 1.98. The standard InChI is InChI=1S/C13H18ClN/c1-11-4-2-3-9-15(11)10-12-5-7-13(14)8-6-12/h5-8,11H,2-4,9-10H2,1H3/t11-/m1/s1. The zero-order valence-corrected chi connectivity index (χ0v) is 10.0. The number of benzene rings is 1.